The summed E-state index contributed by atoms with van der Waals surface area (Å²) in [4.78, 5) is 4.71. The monoisotopic (exact) mass is 292 g/mol. The Morgan fingerprint density at radius 1 is 1.05 bits per heavy atom. The van der Waals surface area contributed by atoms with Crippen molar-refractivity contribution >= 4 is 10.9 Å². The molecule has 22 heavy (non-hydrogen) atoms. The molecule has 1 aromatic heterocycles. The molecule has 0 saturated heterocycles. The van der Waals surface area contributed by atoms with Gasteiger partial charge in [-0.05, 0) is 49.4 Å². The van der Waals surface area contributed by atoms with Crippen LogP contribution in [0.5, 0.6) is 5.75 Å². The first-order chi connectivity index (χ1) is 10.8. The Balaban J connectivity index is 1.82. The fraction of sp³-hybridized carbons (Fsp3) is 0.211. The largest absolute Gasteiger partial charge is 0.489 e. The summed E-state index contributed by atoms with van der Waals surface area (Å²) < 4.78 is 5.88. The van der Waals surface area contributed by atoms with Gasteiger partial charge in [0, 0.05) is 11.9 Å². The summed E-state index contributed by atoms with van der Waals surface area (Å²) >= 11 is 0. The summed E-state index contributed by atoms with van der Waals surface area (Å²) in [5.41, 5.74) is 4.46. The number of benzene rings is 2. The lowest BCUT2D eigenvalue weighted by Crippen LogP contribution is -2.08. The highest BCUT2D eigenvalue weighted by atomic mass is 16.5. The molecule has 2 aromatic carbocycles. The van der Waals surface area contributed by atoms with Gasteiger partial charge in [0.15, 0.2) is 0 Å². The van der Waals surface area contributed by atoms with E-state index in [1.807, 2.05) is 37.4 Å². The first kappa shape index (κ1) is 14.5. The highest BCUT2D eigenvalue weighted by Gasteiger charge is 2.04. The van der Waals surface area contributed by atoms with Crippen molar-refractivity contribution in [2.75, 3.05) is 7.05 Å². The smallest absolute Gasteiger partial charge is 0.120 e. The summed E-state index contributed by atoms with van der Waals surface area (Å²) in [5.74, 6) is 0.874. The van der Waals surface area contributed by atoms with Crippen LogP contribution in [0.15, 0.2) is 54.6 Å². The van der Waals surface area contributed by atoms with Crippen molar-refractivity contribution in [3.8, 4) is 5.75 Å². The Morgan fingerprint density at radius 2 is 1.86 bits per heavy atom. The van der Waals surface area contributed by atoms with Gasteiger partial charge in [-0.3, -0.25) is 4.98 Å². The number of nitrogens with one attached hydrogen (secondary N) is 1. The Hall–Kier alpha value is -2.39. The van der Waals surface area contributed by atoms with E-state index in [2.05, 4.69) is 36.5 Å². The molecule has 0 aliphatic heterocycles. The van der Waals surface area contributed by atoms with Crippen LogP contribution in [0.25, 0.3) is 10.9 Å². The molecule has 0 atom stereocenters. The molecule has 0 fully saturated rings. The van der Waals surface area contributed by atoms with Crippen LogP contribution in [0.1, 0.15) is 16.8 Å². The molecule has 0 bridgehead atoms. The van der Waals surface area contributed by atoms with Gasteiger partial charge in [-0.2, -0.15) is 0 Å². The third kappa shape index (κ3) is 3.26. The summed E-state index contributed by atoms with van der Waals surface area (Å²) in [5, 5.41) is 4.27. The van der Waals surface area contributed by atoms with E-state index in [0.29, 0.717) is 6.61 Å². The third-order valence-corrected chi connectivity index (χ3v) is 3.67. The molecule has 0 amide bonds. The number of hydrogen-bond acceptors (Lipinski definition) is 3. The molecule has 0 saturated carbocycles. The Kier molecular flexibility index (Phi) is 4.35. The predicted molar refractivity (Wildman–Crippen MR) is 90.0 cm³/mol. The van der Waals surface area contributed by atoms with Crippen LogP contribution in [-0.4, -0.2) is 12.0 Å². The molecule has 3 rings (SSSR count). The molecule has 112 valence electrons. The standard InChI is InChI=1S/C19H20N2O/c1-14-10-16-11-17(22-13-15-6-4-3-5-7-15)8-9-18(16)21-19(14)12-20-2/h3-11,20H,12-13H2,1-2H3. The Bertz CT molecular complexity index is 769. The van der Waals surface area contributed by atoms with Gasteiger partial charge in [0.1, 0.15) is 12.4 Å². The maximum Gasteiger partial charge on any atom is 0.120 e. The minimum atomic E-state index is 0.580. The number of aryl methyl sites for hydroxylation is 1. The second-order valence-electron chi connectivity index (χ2n) is 5.41. The number of aromatic nitrogens is 1. The Morgan fingerprint density at radius 3 is 2.64 bits per heavy atom. The molecule has 0 radical (unpaired) electrons. The quantitative estimate of drug-likeness (QED) is 0.776. The molecule has 0 spiro atoms. The van der Waals surface area contributed by atoms with E-state index < -0.39 is 0 Å². The van der Waals surface area contributed by atoms with Crippen LogP contribution < -0.4 is 10.1 Å². The van der Waals surface area contributed by atoms with Crippen molar-refractivity contribution in [3.63, 3.8) is 0 Å². The van der Waals surface area contributed by atoms with E-state index in [4.69, 9.17) is 9.72 Å². The van der Waals surface area contributed by atoms with Crippen molar-refractivity contribution < 1.29 is 4.74 Å². The first-order valence-corrected chi connectivity index (χ1v) is 7.48. The molecule has 3 nitrogen and oxygen atoms in total. The number of ether oxygens (including phenoxy) is 1. The average Bonchev–Trinajstić information content (AvgIpc) is 2.55. The van der Waals surface area contributed by atoms with Gasteiger partial charge in [0.05, 0.1) is 11.2 Å². The normalized spacial score (nSPS) is 10.8. The maximum atomic E-state index is 5.88. The molecule has 0 unspecified atom stereocenters. The van der Waals surface area contributed by atoms with Crippen LogP contribution >= 0.6 is 0 Å². The maximum absolute atomic E-state index is 5.88. The van der Waals surface area contributed by atoms with E-state index >= 15 is 0 Å². The molecule has 1 N–H and O–H groups in total. The number of hydrogen-bond donors (Lipinski definition) is 1. The van der Waals surface area contributed by atoms with Crippen LogP contribution in [-0.2, 0) is 13.2 Å². The van der Waals surface area contributed by atoms with Crippen LogP contribution in [0.2, 0.25) is 0 Å². The summed E-state index contributed by atoms with van der Waals surface area (Å²) in [6.45, 7) is 3.46. The molecule has 0 aliphatic carbocycles. The summed E-state index contributed by atoms with van der Waals surface area (Å²) in [7, 11) is 1.94. The minimum absolute atomic E-state index is 0.580. The van der Waals surface area contributed by atoms with E-state index in [9.17, 15) is 0 Å². The molecule has 1 heterocycles. The predicted octanol–water partition coefficient (Wildman–Crippen LogP) is 3.84. The van der Waals surface area contributed by atoms with Crippen molar-refractivity contribution in [1.82, 2.24) is 10.3 Å². The second kappa shape index (κ2) is 6.58. The number of nitrogens with zero attached hydrogens (tertiary/aromatic N) is 1. The minimum Gasteiger partial charge on any atom is -0.489 e. The van der Waals surface area contributed by atoms with Gasteiger partial charge < -0.3 is 10.1 Å². The van der Waals surface area contributed by atoms with Crippen LogP contribution in [0.4, 0.5) is 0 Å². The number of pyridine rings is 1. The second-order valence-corrected chi connectivity index (χ2v) is 5.41. The molecule has 0 aliphatic rings. The summed E-state index contributed by atoms with van der Waals surface area (Å²) in [6, 6.07) is 18.4. The fourth-order valence-corrected chi connectivity index (χ4v) is 2.48. The van der Waals surface area contributed by atoms with E-state index in [-0.39, 0.29) is 0 Å². The highest BCUT2D eigenvalue weighted by Crippen LogP contribution is 2.22. The SMILES string of the molecule is CNCc1nc2ccc(OCc3ccccc3)cc2cc1C. The first-order valence-electron chi connectivity index (χ1n) is 7.48. The van der Waals surface area contributed by atoms with Crippen molar-refractivity contribution in [3.05, 3.63) is 71.4 Å². The van der Waals surface area contributed by atoms with Gasteiger partial charge >= 0.3 is 0 Å². The van der Waals surface area contributed by atoms with Gasteiger partial charge in [0.25, 0.3) is 0 Å². The van der Waals surface area contributed by atoms with Crippen molar-refractivity contribution in [1.29, 1.82) is 0 Å². The number of fused-ring (bicyclic) bond motifs is 1. The van der Waals surface area contributed by atoms with E-state index in [0.717, 1.165) is 28.9 Å². The number of rotatable bonds is 5. The fourth-order valence-electron chi connectivity index (χ4n) is 2.48. The average molecular weight is 292 g/mol. The van der Waals surface area contributed by atoms with E-state index in [1.54, 1.807) is 0 Å². The van der Waals surface area contributed by atoms with Gasteiger partial charge in [0.2, 0.25) is 0 Å². The van der Waals surface area contributed by atoms with Crippen molar-refractivity contribution in [2.45, 2.75) is 20.1 Å². The zero-order valence-electron chi connectivity index (χ0n) is 13.0. The van der Waals surface area contributed by atoms with Gasteiger partial charge in [-0.25, -0.2) is 0 Å². The molecular weight excluding hydrogens is 272 g/mol. The molecular formula is C19H20N2O. The topological polar surface area (TPSA) is 34.2 Å². The zero-order chi connectivity index (χ0) is 15.4. The zero-order valence-corrected chi connectivity index (χ0v) is 13.0. The third-order valence-electron chi connectivity index (χ3n) is 3.67. The van der Waals surface area contributed by atoms with Gasteiger partial charge in [-0.1, -0.05) is 30.3 Å². The van der Waals surface area contributed by atoms with Crippen LogP contribution in [0, 0.1) is 6.92 Å². The highest BCUT2D eigenvalue weighted by molar-refractivity contribution is 5.81. The molecule has 3 heteroatoms. The van der Waals surface area contributed by atoms with Gasteiger partial charge in [-0.15, -0.1) is 0 Å². The van der Waals surface area contributed by atoms with E-state index in [1.165, 1.54) is 11.1 Å². The molecule has 3 aromatic rings. The lowest BCUT2D eigenvalue weighted by atomic mass is 10.1. The Labute approximate surface area is 131 Å². The lowest BCUT2D eigenvalue weighted by Gasteiger charge is -2.10. The van der Waals surface area contributed by atoms with Crippen molar-refractivity contribution in [2.24, 2.45) is 0 Å². The lowest BCUT2D eigenvalue weighted by molar-refractivity contribution is 0.306. The summed E-state index contributed by atoms with van der Waals surface area (Å²) in [6.07, 6.45) is 0. The van der Waals surface area contributed by atoms with Crippen LogP contribution in [0.3, 0.4) is 0 Å².